The monoisotopic (exact) mass is 241 g/mol. The highest BCUT2D eigenvalue weighted by atomic mass is 16.5. The molecule has 1 heterocycles. The number of esters is 1. The molecule has 0 aliphatic carbocycles. The van der Waals surface area contributed by atoms with Crippen molar-refractivity contribution in [1.82, 2.24) is 5.32 Å². The number of carbonyl (C=O) groups is 1. The number of hydrogen-bond donors (Lipinski definition) is 1. The largest absolute Gasteiger partial charge is 0.469 e. The van der Waals surface area contributed by atoms with E-state index in [0.717, 1.165) is 19.5 Å². The predicted molar refractivity (Wildman–Crippen MR) is 69.8 cm³/mol. The molecule has 0 saturated carbocycles. The van der Waals surface area contributed by atoms with Crippen LogP contribution in [0.2, 0.25) is 0 Å². The van der Waals surface area contributed by atoms with Gasteiger partial charge in [-0.05, 0) is 49.6 Å². The van der Waals surface area contributed by atoms with E-state index >= 15 is 0 Å². The van der Waals surface area contributed by atoms with Gasteiger partial charge >= 0.3 is 5.97 Å². The topological polar surface area (TPSA) is 38.3 Å². The maximum Gasteiger partial charge on any atom is 0.305 e. The molecule has 1 saturated heterocycles. The van der Waals surface area contributed by atoms with Gasteiger partial charge in [0.1, 0.15) is 0 Å². The summed E-state index contributed by atoms with van der Waals surface area (Å²) in [5.41, 5.74) is 0.281. The average molecular weight is 241 g/mol. The van der Waals surface area contributed by atoms with Crippen LogP contribution in [-0.2, 0) is 9.53 Å². The second-order valence-electron chi connectivity index (χ2n) is 6.39. The molecule has 0 aromatic rings. The molecule has 1 aliphatic rings. The molecule has 100 valence electrons. The second kappa shape index (κ2) is 6.39. The molecule has 0 bridgehead atoms. The third-order valence-electron chi connectivity index (χ3n) is 3.58. The van der Waals surface area contributed by atoms with Crippen LogP contribution in [0.1, 0.15) is 46.5 Å². The Balaban J connectivity index is 2.59. The fraction of sp³-hybridized carbons (Fsp3) is 0.929. The van der Waals surface area contributed by atoms with Gasteiger partial charge < -0.3 is 10.1 Å². The first kappa shape index (κ1) is 14.5. The van der Waals surface area contributed by atoms with Crippen LogP contribution in [0.3, 0.4) is 0 Å². The lowest BCUT2D eigenvalue weighted by molar-refractivity contribution is -0.142. The number of rotatable bonds is 4. The van der Waals surface area contributed by atoms with E-state index in [1.54, 1.807) is 0 Å². The van der Waals surface area contributed by atoms with Crippen molar-refractivity contribution in [3.8, 4) is 0 Å². The van der Waals surface area contributed by atoms with E-state index in [1.165, 1.54) is 20.0 Å². The Bertz CT molecular complexity index is 239. The molecular weight excluding hydrogens is 214 g/mol. The average Bonchev–Trinajstić information content (AvgIpc) is 2.27. The van der Waals surface area contributed by atoms with Crippen LogP contribution >= 0.6 is 0 Å². The van der Waals surface area contributed by atoms with Crippen LogP contribution < -0.4 is 5.32 Å². The molecule has 1 N–H and O–H groups in total. The van der Waals surface area contributed by atoms with E-state index in [4.69, 9.17) is 4.74 Å². The molecule has 0 unspecified atom stereocenters. The summed E-state index contributed by atoms with van der Waals surface area (Å²) in [5, 5.41) is 3.38. The van der Waals surface area contributed by atoms with Crippen molar-refractivity contribution >= 4 is 5.97 Å². The maximum atomic E-state index is 11.5. The van der Waals surface area contributed by atoms with Gasteiger partial charge in [-0.2, -0.15) is 0 Å². The van der Waals surface area contributed by atoms with E-state index in [1.807, 2.05) is 0 Å². The van der Waals surface area contributed by atoms with Crippen molar-refractivity contribution in [2.75, 3.05) is 20.2 Å². The number of carbonyl (C=O) groups excluding carboxylic acids is 1. The Kier molecular flexibility index (Phi) is 5.44. The second-order valence-corrected chi connectivity index (χ2v) is 6.39. The van der Waals surface area contributed by atoms with Crippen molar-refractivity contribution in [3.05, 3.63) is 0 Å². The normalized spacial score (nSPS) is 20.0. The third-order valence-corrected chi connectivity index (χ3v) is 3.58. The highest BCUT2D eigenvalue weighted by molar-refractivity contribution is 5.69. The lowest BCUT2D eigenvalue weighted by Crippen LogP contribution is -2.34. The van der Waals surface area contributed by atoms with E-state index in [9.17, 15) is 4.79 Å². The summed E-state index contributed by atoms with van der Waals surface area (Å²) in [6.45, 7) is 8.92. The quantitative estimate of drug-likeness (QED) is 0.769. The molecule has 17 heavy (non-hydrogen) atoms. The fourth-order valence-electron chi connectivity index (χ4n) is 2.81. The van der Waals surface area contributed by atoms with E-state index in [-0.39, 0.29) is 11.4 Å². The van der Waals surface area contributed by atoms with Crippen molar-refractivity contribution in [2.24, 2.45) is 17.3 Å². The van der Waals surface area contributed by atoms with Gasteiger partial charge in [0, 0.05) is 6.42 Å². The summed E-state index contributed by atoms with van der Waals surface area (Å²) < 4.78 is 4.83. The number of piperidine rings is 1. The minimum absolute atomic E-state index is 0.0576. The van der Waals surface area contributed by atoms with Crippen molar-refractivity contribution in [1.29, 1.82) is 0 Å². The van der Waals surface area contributed by atoms with Crippen molar-refractivity contribution in [3.63, 3.8) is 0 Å². The molecule has 0 amide bonds. The van der Waals surface area contributed by atoms with E-state index < -0.39 is 0 Å². The third kappa shape index (κ3) is 5.53. The number of hydrogen-bond acceptors (Lipinski definition) is 3. The lowest BCUT2D eigenvalue weighted by atomic mass is 9.74. The summed E-state index contributed by atoms with van der Waals surface area (Å²) in [7, 11) is 1.49. The summed E-state index contributed by atoms with van der Waals surface area (Å²) in [4.78, 5) is 11.5. The highest BCUT2D eigenvalue weighted by Crippen LogP contribution is 2.35. The molecule has 0 radical (unpaired) electrons. The van der Waals surface area contributed by atoms with Gasteiger partial charge in [-0.15, -0.1) is 0 Å². The standard InChI is InChI=1S/C14H27NO2/c1-14(2,3)10-12(9-13(16)17-4)11-5-7-15-8-6-11/h11-12,15H,5-10H2,1-4H3/t12-/m0/s1. The van der Waals surface area contributed by atoms with Crippen LogP contribution in [0, 0.1) is 17.3 Å². The summed E-state index contributed by atoms with van der Waals surface area (Å²) in [5.74, 6) is 1.09. The Morgan fingerprint density at radius 3 is 2.41 bits per heavy atom. The van der Waals surface area contributed by atoms with Crippen molar-refractivity contribution < 1.29 is 9.53 Å². The molecule has 0 spiro atoms. The minimum atomic E-state index is -0.0576. The Morgan fingerprint density at radius 1 is 1.35 bits per heavy atom. The molecule has 1 rings (SSSR count). The summed E-state index contributed by atoms with van der Waals surface area (Å²) >= 11 is 0. The lowest BCUT2D eigenvalue weighted by Gasteiger charge is -2.34. The zero-order chi connectivity index (χ0) is 12.9. The molecular formula is C14H27NO2. The molecule has 0 aromatic carbocycles. The molecule has 1 aliphatic heterocycles. The fourth-order valence-corrected chi connectivity index (χ4v) is 2.81. The van der Waals surface area contributed by atoms with Crippen LogP contribution in [0.15, 0.2) is 0 Å². The highest BCUT2D eigenvalue weighted by Gasteiger charge is 2.29. The van der Waals surface area contributed by atoms with Crippen LogP contribution in [-0.4, -0.2) is 26.2 Å². The van der Waals surface area contributed by atoms with E-state index in [2.05, 4.69) is 26.1 Å². The first-order valence-electron chi connectivity index (χ1n) is 6.70. The number of methoxy groups -OCH3 is 1. The first-order chi connectivity index (χ1) is 7.92. The Hall–Kier alpha value is -0.570. The van der Waals surface area contributed by atoms with Gasteiger partial charge in [0.15, 0.2) is 0 Å². The Labute approximate surface area is 105 Å². The number of ether oxygens (including phenoxy) is 1. The van der Waals surface area contributed by atoms with Gasteiger partial charge in [-0.3, -0.25) is 4.79 Å². The SMILES string of the molecule is COC(=O)C[C@@H](CC(C)(C)C)C1CCNCC1. The Morgan fingerprint density at radius 2 is 1.94 bits per heavy atom. The first-order valence-corrected chi connectivity index (χ1v) is 6.70. The molecule has 3 nitrogen and oxygen atoms in total. The van der Waals surface area contributed by atoms with Gasteiger partial charge in [0.2, 0.25) is 0 Å². The van der Waals surface area contributed by atoms with Gasteiger partial charge in [-0.1, -0.05) is 20.8 Å². The zero-order valence-corrected chi connectivity index (χ0v) is 11.7. The van der Waals surface area contributed by atoms with Gasteiger partial charge in [0.25, 0.3) is 0 Å². The predicted octanol–water partition coefficient (Wildman–Crippen LogP) is 2.60. The van der Waals surface area contributed by atoms with Gasteiger partial charge in [-0.25, -0.2) is 0 Å². The van der Waals surface area contributed by atoms with Crippen LogP contribution in [0.25, 0.3) is 0 Å². The van der Waals surface area contributed by atoms with E-state index in [0.29, 0.717) is 18.3 Å². The van der Waals surface area contributed by atoms with Crippen LogP contribution in [0.4, 0.5) is 0 Å². The smallest absolute Gasteiger partial charge is 0.305 e. The van der Waals surface area contributed by atoms with Crippen molar-refractivity contribution in [2.45, 2.75) is 46.5 Å². The molecule has 0 aromatic heterocycles. The maximum absolute atomic E-state index is 11.5. The number of nitrogens with one attached hydrogen (secondary N) is 1. The van der Waals surface area contributed by atoms with Gasteiger partial charge in [0.05, 0.1) is 7.11 Å². The molecule has 1 atom stereocenters. The minimum Gasteiger partial charge on any atom is -0.469 e. The summed E-state index contributed by atoms with van der Waals surface area (Å²) in [6, 6.07) is 0. The molecule has 3 heteroatoms. The molecule has 1 fully saturated rings. The summed E-state index contributed by atoms with van der Waals surface area (Å²) in [6.07, 6.45) is 4.07. The zero-order valence-electron chi connectivity index (χ0n) is 11.7. The van der Waals surface area contributed by atoms with Crippen LogP contribution in [0.5, 0.6) is 0 Å².